The average Bonchev–Trinajstić information content (AvgIpc) is 2.36. The summed E-state index contributed by atoms with van der Waals surface area (Å²) < 4.78 is 11.8. The van der Waals surface area contributed by atoms with E-state index >= 15 is 0 Å². The average molecular weight is 342 g/mol. The number of hydrogen-bond donors (Lipinski definition) is 1. The lowest BCUT2D eigenvalue weighted by atomic mass is 9.69. The van der Waals surface area contributed by atoms with Gasteiger partial charge in [-0.2, -0.15) is 0 Å². The molecule has 2 rings (SSSR count). The van der Waals surface area contributed by atoms with Crippen LogP contribution >= 0.6 is 15.9 Å². The molecule has 2 unspecified atom stereocenters. The van der Waals surface area contributed by atoms with Crippen molar-refractivity contribution < 1.29 is 9.47 Å². The first-order valence-electron chi connectivity index (χ1n) is 7.11. The van der Waals surface area contributed by atoms with Crippen molar-refractivity contribution in [3.8, 4) is 11.5 Å². The molecule has 1 saturated carbocycles. The first-order valence-corrected chi connectivity index (χ1v) is 7.90. The minimum Gasteiger partial charge on any atom is -0.495 e. The SMILES string of the molecule is COc1ccc(C2(N)CC(C)CC(C)C2)c(OC)c1Br. The van der Waals surface area contributed by atoms with Crippen molar-refractivity contribution in [3.63, 3.8) is 0 Å². The molecule has 0 spiro atoms. The van der Waals surface area contributed by atoms with Gasteiger partial charge in [-0.15, -0.1) is 0 Å². The Morgan fingerprint density at radius 2 is 1.75 bits per heavy atom. The molecule has 1 aliphatic carbocycles. The van der Waals surface area contributed by atoms with Crippen molar-refractivity contribution in [2.75, 3.05) is 14.2 Å². The van der Waals surface area contributed by atoms with Crippen molar-refractivity contribution >= 4 is 15.9 Å². The first-order chi connectivity index (χ1) is 9.41. The van der Waals surface area contributed by atoms with E-state index in [1.165, 1.54) is 6.42 Å². The molecule has 1 aliphatic rings. The minimum atomic E-state index is -0.322. The summed E-state index contributed by atoms with van der Waals surface area (Å²) >= 11 is 3.57. The Kier molecular flexibility index (Phi) is 4.65. The number of nitrogens with two attached hydrogens (primary N) is 1. The van der Waals surface area contributed by atoms with Gasteiger partial charge in [0.2, 0.25) is 0 Å². The normalized spacial score (nSPS) is 30.1. The second-order valence-corrected chi connectivity index (χ2v) is 6.97. The zero-order valence-corrected chi connectivity index (χ0v) is 14.3. The lowest BCUT2D eigenvalue weighted by Gasteiger charge is -2.41. The second-order valence-electron chi connectivity index (χ2n) is 6.17. The third kappa shape index (κ3) is 2.82. The summed E-state index contributed by atoms with van der Waals surface area (Å²) in [5.41, 5.74) is 7.51. The molecule has 3 nitrogen and oxygen atoms in total. The molecule has 1 aromatic carbocycles. The topological polar surface area (TPSA) is 44.5 Å². The quantitative estimate of drug-likeness (QED) is 0.900. The lowest BCUT2D eigenvalue weighted by Crippen LogP contribution is -2.43. The van der Waals surface area contributed by atoms with Crippen LogP contribution in [0.25, 0.3) is 0 Å². The molecule has 0 heterocycles. The summed E-state index contributed by atoms with van der Waals surface area (Å²) in [6.07, 6.45) is 3.23. The van der Waals surface area contributed by atoms with Crippen molar-refractivity contribution in [3.05, 3.63) is 22.2 Å². The van der Waals surface area contributed by atoms with Gasteiger partial charge in [-0.1, -0.05) is 13.8 Å². The van der Waals surface area contributed by atoms with Crippen LogP contribution in [-0.2, 0) is 5.54 Å². The molecular weight excluding hydrogens is 318 g/mol. The van der Waals surface area contributed by atoms with Gasteiger partial charge in [-0.25, -0.2) is 0 Å². The van der Waals surface area contributed by atoms with E-state index < -0.39 is 0 Å². The number of rotatable bonds is 3. The van der Waals surface area contributed by atoms with E-state index in [1.54, 1.807) is 14.2 Å². The predicted octanol–water partition coefficient (Wildman–Crippen LogP) is 4.08. The van der Waals surface area contributed by atoms with E-state index in [9.17, 15) is 0 Å². The third-order valence-corrected chi connectivity index (χ3v) is 5.00. The number of ether oxygens (including phenoxy) is 2. The van der Waals surface area contributed by atoms with Crippen molar-refractivity contribution in [1.29, 1.82) is 0 Å². The van der Waals surface area contributed by atoms with E-state index in [0.717, 1.165) is 34.4 Å². The van der Waals surface area contributed by atoms with E-state index in [0.29, 0.717) is 11.8 Å². The highest BCUT2D eigenvalue weighted by Crippen LogP contribution is 2.47. The fourth-order valence-corrected chi connectivity index (χ4v) is 4.36. The van der Waals surface area contributed by atoms with Crippen molar-refractivity contribution in [1.82, 2.24) is 0 Å². The molecule has 1 aromatic rings. The van der Waals surface area contributed by atoms with Crippen LogP contribution in [0.3, 0.4) is 0 Å². The molecule has 4 heteroatoms. The van der Waals surface area contributed by atoms with Gasteiger partial charge >= 0.3 is 0 Å². The summed E-state index contributed by atoms with van der Waals surface area (Å²) in [7, 11) is 3.34. The van der Waals surface area contributed by atoms with Gasteiger partial charge in [-0.05, 0) is 59.2 Å². The maximum Gasteiger partial charge on any atom is 0.141 e. The largest absolute Gasteiger partial charge is 0.495 e. The summed E-state index contributed by atoms with van der Waals surface area (Å²) in [4.78, 5) is 0. The fourth-order valence-electron chi connectivity index (χ4n) is 3.69. The molecular formula is C16H24BrNO2. The fraction of sp³-hybridized carbons (Fsp3) is 0.625. The zero-order valence-electron chi connectivity index (χ0n) is 12.7. The lowest BCUT2D eigenvalue weighted by molar-refractivity contribution is 0.179. The first kappa shape index (κ1) is 15.6. The van der Waals surface area contributed by atoms with Crippen molar-refractivity contribution in [2.24, 2.45) is 17.6 Å². The van der Waals surface area contributed by atoms with Gasteiger partial charge in [0.1, 0.15) is 16.0 Å². The third-order valence-electron chi connectivity index (χ3n) is 4.25. The number of benzene rings is 1. The van der Waals surface area contributed by atoms with E-state index in [-0.39, 0.29) is 5.54 Å². The highest BCUT2D eigenvalue weighted by atomic mass is 79.9. The molecule has 0 aliphatic heterocycles. The van der Waals surface area contributed by atoms with E-state index in [2.05, 4.69) is 29.8 Å². The molecule has 0 saturated heterocycles. The van der Waals surface area contributed by atoms with Crippen LogP contribution in [0.4, 0.5) is 0 Å². The van der Waals surface area contributed by atoms with Crippen molar-refractivity contribution in [2.45, 2.75) is 38.6 Å². The van der Waals surface area contributed by atoms with Crippen LogP contribution in [-0.4, -0.2) is 14.2 Å². The molecule has 2 N–H and O–H groups in total. The van der Waals surface area contributed by atoms with E-state index in [4.69, 9.17) is 15.2 Å². The van der Waals surface area contributed by atoms with Crippen LogP contribution in [0, 0.1) is 11.8 Å². The maximum atomic E-state index is 6.76. The van der Waals surface area contributed by atoms with E-state index in [1.807, 2.05) is 12.1 Å². The van der Waals surface area contributed by atoms with Crippen LogP contribution in [0.1, 0.15) is 38.7 Å². The Bertz CT molecular complexity index is 480. The Hall–Kier alpha value is -0.740. The Morgan fingerprint density at radius 1 is 1.15 bits per heavy atom. The number of hydrogen-bond acceptors (Lipinski definition) is 3. The van der Waals surface area contributed by atoms with Gasteiger partial charge in [0.05, 0.1) is 14.2 Å². The molecule has 0 radical (unpaired) electrons. The maximum absolute atomic E-state index is 6.76. The van der Waals surface area contributed by atoms with Crippen LogP contribution in [0.5, 0.6) is 11.5 Å². The van der Waals surface area contributed by atoms with Crippen LogP contribution in [0.2, 0.25) is 0 Å². The molecule has 112 valence electrons. The minimum absolute atomic E-state index is 0.322. The zero-order chi connectivity index (χ0) is 14.9. The summed E-state index contributed by atoms with van der Waals surface area (Å²) in [5.74, 6) is 2.84. The summed E-state index contributed by atoms with van der Waals surface area (Å²) in [6, 6.07) is 4.01. The summed E-state index contributed by atoms with van der Waals surface area (Å²) in [5, 5.41) is 0. The summed E-state index contributed by atoms with van der Waals surface area (Å²) in [6.45, 7) is 4.56. The van der Waals surface area contributed by atoms with Gasteiger partial charge in [-0.3, -0.25) is 0 Å². The van der Waals surface area contributed by atoms with Gasteiger partial charge in [0.25, 0.3) is 0 Å². The molecule has 0 bridgehead atoms. The number of methoxy groups -OCH3 is 2. The van der Waals surface area contributed by atoms with Gasteiger partial charge < -0.3 is 15.2 Å². The van der Waals surface area contributed by atoms with Crippen LogP contribution < -0.4 is 15.2 Å². The molecule has 2 atom stereocenters. The highest BCUT2D eigenvalue weighted by molar-refractivity contribution is 9.10. The smallest absolute Gasteiger partial charge is 0.141 e. The standard InChI is InChI=1S/C16H24BrNO2/c1-10-7-11(2)9-16(18,8-10)12-5-6-13(19-3)14(17)15(12)20-4/h5-6,10-11H,7-9,18H2,1-4H3. The predicted molar refractivity (Wildman–Crippen MR) is 85.3 cm³/mol. The van der Waals surface area contributed by atoms with Gasteiger partial charge in [0.15, 0.2) is 0 Å². The Balaban J connectivity index is 2.48. The monoisotopic (exact) mass is 341 g/mol. The Morgan fingerprint density at radius 3 is 2.25 bits per heavy atom. The Labute approximate surface area is 130 Å². The van der Waals surface area contributed by atoms with Crippen LogP contribution in [0.15, 0.2) is 16.6 Å². The number of halogens is 1. The highest BCUT2D eigenvalue weighted by Gasteiger charge is 2.38. The second kappa shape index (κ2) is 5.94. The van der Waals surface area contributed by atoms with Gasteiger partial charge in [0, 0.05) is 11.1 Å². The molecule has 20 heavy (non-hydrogen) atoms. The molecule has 0 aromatic heterocycles. The molecule has 0 amide bonds. The molecule has 1 fully saturated rings.